The van der Waals surface area contributed by atoms with Crippen LogP contribution < -0.4 is 5.73 Å². The summed E-state index contributed by atoms with van der Waals surface area (Å²) in [5.41, 5.74) is 6.52. The Hall–Kier alpha value is -0.120. The fraction of sp³-hybridized carbons (Fsp3) is 1.00. The predicted molar refractivity (Wildman–Crippen MR) is 75.6 cm³/mol. The first-order valence-electron chi connectivity index (χ1n) is 7.94. The molecule has 3 aliphatic rings. The highest BCUT2D eigenvalue weighted by Gasteiger charge is 2.35. The zero-order valence-electron chi connectivity index (χ0n) is 11.7. The third-order valence-electron chi connectivity index (χ3n) is 5.33. The predicted octanol–water partition coefficient (Wildman–Crippen LogP) is 1.53. The first-order chi connectivity index (χ1) is 8.80. The fourth-order valence-corrected chi connectivity index (χ4v) is 3.82. The molecule has 0 radical (unpaired) electrons. The number of rotatable bonds is 5. The number of piperazine rings is 1. The van der Waals surface area contributed by atoms with E-state index in [4.69, 9.17) is 5.73 Å². The first kappa shape index (κ1) is 12.9. The molecule has 2 saturated carbocycles. The molecule has 3 heteroatoms. The van der Waals surface area contributed by atoms with Gasteiger partial charge in [-0.3, -0.25) is 0 Å². The highest BCUT2D eigenvalue weighted by molar-refractivity contribution is 4.90. The van der Waals surface area contributed by atoms with Crippen molar-refractivity contribution in [2.45, 2.75) is 38.5 Å². The minimum atomic E-state index is 0.471. The van der Waals surface area contributed by atoms with Gasteiger partial charge in [-0.2, -0.15) is 0 Å². The van der Waals surface area contributed by atoms with E-state index in [1.54, 1.807) is 0 Å². The van der Waals surface area contributed by atoms with Gasteiger partial charge in [-0.15, -0.1) is 0 Å². The second-order valence-electron chi connectivity index (χ2n) is 6.93. The van der Waals surface area contributed by atoms with Gasteiger partial charge in [0.25, 0.3) is 0 Å². The van der Waals surface area contributed by atoms with Gasteiger partial charge in [0.1, 0.15) is 0 Å². The summed E-state index contributed by atoms with van der Waals surface area (Å²) in [5, 5.41) is 0. The molecular formula is C15H29N3. The quantitative estimate of drug-likeness (QED) is 0.804. The van der Waals surface area contributed by atoms with Gasteiger partial charge in [-0.1, -0.05) is 12.8 Å². The third-order valence-corrected chi connectivity index (χ3v) is 5.33. The molecule has 0 spiro atoms. The summed E-state index contributed by atoms with van der Waals surface area (Å²) in [4.78, 5) is 5.36. The molecule has 18 heavy (non-hydrogen) atoms. The van der Waals surface area contributed by atoms with Crippen LogP contribution in [0.1, 0.15) is 38.5 Å². The molecule has 2 aliphatic carbocycles. The fourth-order valence-electron chi connectivity index (χ4n) is 3.82. The lowest BCUT2D eigenvalue weighted by molar-refractivity contribution is 0.0866. The molecule has 1 aliphatic heterocycles. The van der Waals surface area contributed by atoms with E-state index in [-0.39, 0.29) is 0 Å². The van der Waals surface area contributed by atoms with Crippen molar-refractivity contribution in [2.24, 2.45) is 17.1 Å². The van der Waals surface area contributed by atoms with E-state index in [1.165, 1.54) is 77.8 Å². The molecule has 0 aromatic heterocycles. The Bertz CT molecular complexity index is 261. The molecule has 3 fully saturated rings. The van der Waals surface area contributed by atoms with Gasteiger partial charge in [0, 0.05) is 39.3 Å². The lowest BCUT2D eigenvalue weighted by Crippen LogP contribution is -2.51. The molecule has 0 amide bonds. The second-order valence-corrected chi connectivity index (χ2v) is 6.93. The smallest absolute Gasteiger partial charge is 0.0110 e. The Labute approximate surface area is 112 Å². The Kier molecular flexibility index (Phi) is 3.92. The molecule has 3 rings (SSSR count). The number of nitrogens with two attached hydrogens (primary N) is 1. The molecule has 0 aromatic rings. The van der Waals surface area contributed by atoms with E-state index in [0.29, 0.717) is 5.41 Å². The van der Waals surface area contributed by atoms with Gasteiger partial charge in [-0.25, -0.2) is 0 Å². The van der Waals surface area contributed by atoms with Crippen molar-refractivity contribution in [3.05, 3.63) is 0 Å². The van der Waals surface area contributed by atoms with Gasteiger partial charge in [0.2, 0.25) is 0 Å². The Morgan fingerprint density at radius 3 is 2.11 bits per heavy atom. The molecular weight excluding hydrogens is 222 g/mol. The highest BCUT2D eigenvalue weighted by atomic mass is 15.3. The van der Waals surface area contributed by atoms with Crippen LogP contribution in [0.2, 0.25) is 0 Å². The molecule has 0 unspecified atom stereocenters. The van der Waals surface area contributed by atoms with Crippen molar-refractivity contribution < 1.29 is 0 Å². The molecule has 104 valence electrons. The standard InChI is InChI=1S/C15H29N3/c16-12-15(5-1-2-6-15)13-18-9-7-17(8-10-18)11-14-3-4-14/h14H,1-13,16H2. The zero-order valence-corrected chi connectivity index (χ0v) is 11.7. The number of hydrogen-bond donors (Lipinski definition) is 1. The van der Waals surface area contributed by atoms with Crippen LogP contribution in [0.15, 0.2) is 0 Å². The van der Waals surface area contributed by atoms with Gasteiger partial charge in [-0.05, 0) is 43.6 Å². The summed E-state index contributed by atoms with van der Waals surface area (Å²) in [7, 11) is 0. The summed E-state index contributed by atoms with van der Waals surface area (Å²) in [6, 6.07) is 0. The largest absolute Gasteiger partial charge is 0.330 e. The lowest BCUT2D eigenvalue weighted by atomic mass is 9.85. The van der Waals surface area contributed by atoms with Crippen LogP contribution in [0, 0.1) is 11.3 Å². The number of nitrogens with zero attached hydrogens (tertiary/aromatic N) is 2. The molecule has 3 nitrogen and oxygen atoms in total. The maximum Gasteiger partial charge on any atom is 0.0110 e. The SMILES string of the molecule is NCC1(CN2CCN(CC3CC3)CC2)CCCC1. The molecule has 2 N–H and O–H groups in total. The van der Waals surface area contributed by atoms with Gasteiger partial charge in [0.15, 0.2) is 0 Å². The molecule has 0 aromatic carbocycles. The highest BCUT2D eigenvalue weighted by Crippen LogP contribution is 2.38. The van der Waals surface area contributed by atoms with Crippen molar-refractivity contribution in [1.29, 1.82) is 0 Å². The van der Waals surface area contributed by atoms with E-state index in [9.17, 15) is 0 Å². The average Bonchev–Trinajstić information content (AvgIpc) is 3.09. The van der Waals surface area contributed by atoms with Gasteiger partial charge < -0.3 is 15.5 Å². The third kappa shape index (κ3) is 3.06. The van der Waals surface area contributed by atoms with Crippen molar-refractivity contribution in [3.63, 3.8) is 0 Å². The van der Waals surface area contributed by atoms with Gasteiger partial charge in [0.05, 0.1) is 0 Å². The molecule has 1 saturated heterocycles. The summed E-state index contributed by atoms with van der Waals surface area (Å²) in [6.45, 7) is 8.66. The summed E-state index contributed by atoms with van der Waals surface area (Å²) >= 11 is 0. The average molecular weight is 251 g/mol. The van der Waals surface area contributed by atoms with Crippen LogP contribution in [-0.4, -0.2) is 55.6 Å². The van der Waals surface area contributed by atoms with Gasteiger partial charge >= 0.3 is 0 Å². The maximum absolute atomic E-state index is 6.05. The van der Waals surface area contributed by atoms with Crippen LogP contribution in [0.5, 0.6) is 0 Å². The van der Waals surface area contributed by atoms with Crippen molar-refractivity contribution >= 4 is 0 Å². The van der Waals surface area contributed by atoms with E-state index in [2.05, 4.69) is 9.80 Å². The Morgan fingerprint density at radius 2 is 1.56 bits per heavy atom. The summed E-state index contributed by atoms with van der Waals surface area (Å²) in [5.74, 6) is 1.04. The summed E-state index contributed by atoms with van der Waals surface area (Å²) in [6.07, 6.45) is 8.50. The lowest BCUT2D eigenvalue weighted by Gasteiger charge is -2.40. The van der Waals surface area contributed by atoms with Crippen LogP contribution in [0.3, 0.4) is 0 Å². The summed E-state index contributed by atoms with van der Waals surface area (Å²) < 4.78 is 0. The van der Waals surface area contributed by atoms with Crippen LogP contribution in [0.4, 0.5) is 0 Å². The Morgan fingerprint density at radius 1 is 0.944 bits per heavy atom. The van der Waals surface area contributed by atoms with Crippen molar-refractivity contribution in [1.82, 2.24) is 9.80 Å². The molecule has 0 atom stereocenters. The van der Waals surface area contributed by atoms with Crippen LogP contribution in [0.25, 0.3) is 0 Å². The van der Waals surface area contributed by atoms with E-state index in [1.807, 2.05) is 0 Å². The van der Waals surface area contributed by atoms with E-state index >= 15 is 0 Å². The van der Waals surface area contributed by atoms with Crippen molar-refractivity contribution in [2.75, 3.05) is 45.8 Å². The van der Waals surface area contributed by atoms with E-state index < -0.39 is 0 Å². The zero-order chi connectivity index (χ0) is 12.4. The minimum absolute atomic E-state index is 0.471. The minimum Gasteiger partial charge on any atom is -0.330 e. The maximum atomic E-state index is 6.05. The molecule has 1 heterocycles. The topological polar surface area (TPSA) is 32.5 Å². The monoisotopic (exact) mass is 251 g/mol. The molecule has 0 bridgehead atoms. The second kappa shape index (κ2) is 5.48. The normalized spacial score (nSPS) is 29.8. The van der Waals surface area contributed by atoms with Crippen LogP contribution >= 0.6 is 0 Å². The number of hydrogen-bond acceptors (Lipinski definition) is 3. The Balaban J connectivity index is 1.44. The van der Waals surface area contributed by atoms with Crippen LogP contribution in [-0.2, 0) is 0 Å². The van der Waals surface area contributed by atoms with E-state index in [0.717, 1.165) is 12.5 Å². The first-order valence-corrected chi connectivity index (χ1v) is 7.94. The van der Waals surface area contributed by atoms with Crippen molar-refractivity contribution in [3.8, 4) is 0 Å².